The van der Waals surface area contributed by atoms with Crippen molar-refractivity contribution in [1.29, 1.82) is 0 Å². The van der Waals surface area contributed by atoms with E-state index in [9.17, 15) is 9.59 Å². The van der Waals surface area contributed by atoms with E-state index in [0.29, 0.717) is 17.9 Å². The number of rotatable bonds is 9. The van der Waals surface area contributed by atoms with Gasteiger partial charge >= 0.3 is 12.1 Å². The van der Waals surface area contributed by atoms with E-state index in [1.54, 1.807) is 18.2 Å². The van der Waals surface area contributed by atoms with Gasteiger partial charge in [0.25, 0.3) is 0 Å². The topological polar surface area (TPSA) is 94.1 Å². The third-order valence-electron chi connectivity index (χ3n) is 5.58. The summed E-state index contributed by atoms with van der Waals surface area (Å²) in [5, 5.41) is 11.7. The molecule has 3 aromatic carbocycles. The molecule has 0 aliphatic heterocycles. The van der Waals surface area contributed by atoms with Gasteiger partial charge in [0.05, 0.1) is 5.69 Å². The van der Waals surface area contributed by atoms with Crippen LogP contribution in [-0.4, -0.2) is 37.7 Å². The predicted octanol–water partition coefficient (Wildman–Crippen LogP) is 5.05. The highest BCUT2D eigenvalue weighted by molar-refractivity contribution is 5.87. The van der Waals surface area contributed by atoms with Crippen LogP contribution < -0.4 is 10.1 Å². The number of carbonyl (C=O) groups excluding carboxylic acids is 1. The maximum Gasteiger partial charge on any atom is 0.411 e. The maximum atomic E-state index is 12.7. The number of methoxy groups -OCH3 is 1. The number of carboxylic acids is 1. The second-order valence-corrected chi connectivity index (χ2v) is 7.73. The van der Waals surface area contributed by atoms with Crippen LogP contribution in [0.5, 0.6) is 5.75 Å². The molecule has 0 bridgehead atoms. The van der Waals surface area contributed by atoms with Crippen LogP contribution in [0.25, 0.3) is 11.1 Å². The molecular weight excluding hydrogens is 422 g/mol. The minimum atomic E-state index is -0.888. The first-order valence-corrected chi connectivity index (χ1v) is 10.6. The molecule has 0 radical (unpaired) electrons. The summed E-state index contributed by atoms with van der Waals surface area (Å²) in [5.41, 5.74) is 5.73. The first-order chi connectivity index (χ1) is 16.1. The lowest BCUT2D eigenvalue weighted by Crippen LogP contribution is -2.18. The molecule has 0 aromatic heterocycles. The summed E-state index contributed by atoms with van der Waals surface area (Å²) >= 11 is 0. The lowest BCUT2D eigenvalue weighted by Gasteiger charge is -2.16. The zero-order chi connectivity index (χ0) is 23.2. The molecule has 170 valence electrons. The highest BCUT2D eigenvalue weighted by Crippen LogP contribution is 2.44. The number of aryl methyl sites for hydroxylation is 1. The Labute approximate surface area is 191 Å². The van der Waals surface area contributed by atoms with Crippen LogP contribution in [0, 0.1) is 0 Å². The Hall–Kier alpha value is -3.84. The number of fused-ring (bicyclic) bond motifs is 3. The molecule has 1 aliphatic rings. The quantitative estimate of drug-likeness (QED) is 0.446. The van der Waals surface area contributed by atoms with E-state index in [1.807, 2.05) is 24.3 Å². The van der Waals surface area contributed by atoms with Crippen molar-refractivity contribution in [1.82, 2.24) is 0 Å². The van der Waals surface area contributed by atoms with Gasteiger partial charge in [0.2, 0.25) is 0 Å². The van der Waals surface area contributed by atoms with Gasteiger partial charge < -0.3 is 19.3 Å². The van der Waals surface area contributed by atoms with Gasteiger partial charge in [-0.05, 0) is 46.4 Å². The molecule has 0 unspecified atom stereocenters. The van der Waals surface area contributed by atoms with Crippen molar-refractivity contribution in [2.45, 2.75) is 18.8 Å². The van der Waals surface area contributed by atoms with Crippen molar-refractivity contribution < 1.29 is 28.9 Å². The molecule has 1 amide bonds. The summed E-state index contributed by atoms with van der Waals surface area (Å²) in [6.07, 6.45) is -0.295. The lowest BCUT2D eigenvalue weighted by atomic mass is 9.98. The summed E-state index contributed by atoms with van der Waals surface area (Å²) in [6.45, 7) is 0.195. The van der Waals surface area contributed by atoms with Crippen LogP contribution in [-0.2, 0) is 20.7 Å². The standard InChI is InChI=1S/C26H25NO6/c1-31-16-33-24-12-10-17(11-13-25(28)29)14-23(24)27-26(30)32-15-22-20-8-4-2-6-18(20)19-7-3-5-9-21(19)22/h2-10,12,14,22H,11,13,15-16H2,1H3,(H,27,30)(H,28,29). The summed E-state index contributed by atoms with van der Waals surface area (Å²) in [4.78, 5) is 23.6. The van der Waals surface area contributed by atoms with Crippen LogP contribution in [0.4, 0.5) is 10.5 Å². The molecular formula is C26H25NO6. The first kappa shape index (κ1) is 22.4. The van der Waals surface area contributed by atoms with Crippen molar-refractivity contribution in [2.75, 3.05) is 25.8 Å². The van der Waals surface area contributed by atoms with Crippen molar-refractivity contribution in [3.8, 4) is 16.9 Å². The van der Waals surface area contributed by atoms with Gasteiger partial charge in [-0.2, -0.15) is 0 Å². The Morgan fingerprint density at radius 3 is 2.27 bits per heavy atom. The van der Waals surface area contributed by atoms with Crippen LogP contribution in [0.2, 0.25) is 0 Å². The second-order valence-electron chi connectivity index (χ2n) is 7.73. The maximum absolute atomic E-state index is 12.7. The third kappa shape index (κ3) is 5.15. The molecule has 3 aromatic rings. The minimum absolute atomic E-state index is 0.00778. The Balaban J connectivity index is 1.47. The van der Waals surface area contributed by atoms with Crippen molar-refractivity contribution >= 4 is 17.7 Å². The number of benzene rings is 3. The molecule has 0 saturated carbocycles. The number of anilines is 1. The molecule has 0 atom stereocenters. The van der Waals surface area contributed by atoms with Gasteiger partial charge in [-0.25, -0.2) is 4.79 Å². The molecule has 0 fully saturated rings. The Bertz CT molecular complexity index is 1110. The molecule has 0 spiro atoms. The van der Waals surface area contributed by atoms with Crippen LogP contribution in [0.1, 0.15) is 29.0 Å². The highest BCUT2D eigenvalue weighted by atomic mass is 16.7. The highest BCUT2D eigenvalue weighted by Gasteiger charge is 2.29. The predicted molar refractivity (Wildman–Crippen MR) is 124 cm³/mol. The van der Waals surface area contributed by atoms with E-state index in [0.717, 1.165) is 27.8 Å². The average Bonchev–Trinajstić information content (AvgIpc) is 3.14. The summed E-state index contributed by atoms with van der Waals surface area (Å²) in [6, 6.07) is 21.4. The summed E-state index contributed by atoms with van der Waals surface area (Å²) in [7, 11) is 1.50. The molecule has 33 heavy (non-hydrogen) atoms. The Morgan fingerprint density at radius 1 is 0.970 bits per heavy atom. The van der Waals surface area contributed by atoms with E-state index in [2.05, 4.69) is 29.6 Å². The SMILES string of the molecule is COCOc1ccc(CCC(=O)O)cc1NC(=O)OCC1c2ccccc2-c2ccccc21. The fourth-order valence-electron chi connectivity index (χ4n) is 4.07. The van der Waals surface area contributed by atoms with Gasteiger partial charge in [-0.3, -0.25) is 10.1 Å². The number of carbonyl (C=O) groups is 2. The van der Waals surface area contributed by atoms with E-state index in [4.69, 9.17) is 19.3 Å². The minimum Gasteiger partial charge on any atom is -0.481 e. The number of ether oxygens (including phenoxy) is 3. The molecule has 0 heterocycles. The fraction of sp³-hybridized carbons (Fsp3) is 0.231. The smallest absolute Gasteiger partial charge is 0.411 e. The number of hydrogen-bond donors (Lipinski definition) is 2. The first-order valence-electron chi connectivity index (χ1n) is 10.6. The van der Waals surface area contributed by atoms with Gasteiger partial charge in [-0.1, -0.05) is 54.6 Å². The molecule has 0 saturated heterocycles. The van der Waals surface area contributed by atoms with Gasteiger partial charge in [0, 0.05) is 19.4 Å². The van der Waals surface area contributed by atoms with E-state index >= 15 is 0 Å². The zero-order valence-electron chi connectivity index (χ0n) is 18.2. The Morgan fingerprint density at radius 2 is 1.64 bits per heavy atom. The van der Waals surface area contributed by atoms with Gasteiger partial charge in [0.1, 0.15) is 12.4 Å². The Kier molecular flexibility index (Phi) is 6.90. The normalized spacial score (nSPS) is 12.0. The largest absolute Gasteiger partial charge is 0.481 e. The molecule has 7 heteroatoms. The van der Waals surface area contributed by atoms with Gasteiger partial charge in [-0.15, -0.1) is 0 Å². The second kappa shape index (κ2) is 10.2. The monoisotopic (exact) mass is 447 g/mol. The number of hydrogen-bond acceptors (Lipinski definition) is 5. The zero-order valence-corrected chi connectivity index (χ0v) is 18.2. The average molecular weight is 447 g/mol. The molecule has 4 rings (SSSR count). The summed E-state index contributed by atoms with van der Waals surface area (Å²) < 4.78 is 16.1. The van der Waals surface area contributed by atoms with Crippen molar-refractivity contribution in [2.24, 2.45) is 0 Å². The fourth-order valence-corrected chi connectivity index (χ4v) is 4.07. The van der Waals surface area contributed by atoms with Crippen LogP contribution in [0.15, 0.2) is 66.7 Å². The number of nitrogens with one attached hydrogen (secondary N) is 1. The van der Waals surface area contributed by atoms with Crippen molar-refractivity contribution in [3.63, 3.8) is 0 Å². The van der Waals surface area contributed by atoms with E-state index in [-0.39, 0.29) is 25.7 Å². The number of amides is 1. The van der Waals surface area contributed by atoms with E-state index < -0.39 is 12.1 Å². The molecule has 1 aliphatic carbocycles. The third-order valence-corrected chi connectivity index (χ3v) is 5.58. The molecule has 2 N–H and O–H groups in total. The van der Waals surface area contributed by atoms with Gasteiger partial charge in [0.15, 0.2) is 6.79 Å². The van der Waals surface area contributed by atoms with Crippen LogP contribution >= 0.6 is 0 Å². The van der Waals surface area contributed by atoms with E-state index in [1.165, 1.54) is 7.11 Å². The summed E-state index contributed by atoms with van der Waals surface area (Å²) in [5.74, 6) is -0.528. The lowest BCUT2D eigenvalue weighted by molar-refractivity contribution is -0.136. The number of carboxylic acid groups (broad SMARTS) is 1. The van der Waals surface area contributed by atoms with Crippen LogP contribution in [0.3, 0.4) is 0 Å². The molecule has 7 nitrogen and oxygen atoms in total. The number of aliphatic carboxylic acids is 1. The van der Waals surface area contributed by atoms with Crippen molar-refractivity contribution in [3.05, 3.63) is 83.4 Å².